The van der Waals surface area contributed by atoms with Crippen molar-refractivity contribution in [3.05, 3.63) is 47.5 Å². The number of nitrogens with zero attached hydrogens (tertiary/aromatic N) is 4. The number of anilines is 1. The molecule has 1 aliphatic carbocycles. The first-order chi connectivity index (χ1) is 17.5. The van der Waals surface area contributed by atoms with E-state index in [4.69, 9.17) is 10.7 Å². The maximum Gasteiger partial charge on any atom is 0.254 e. The highest BCUT2D eigenvalue weighted by atomic mass is 19.2. The minimum atomic E-state index is -0.848. The smallest absolute Gasteiger partial charge is 0.254 e. The van der Waals surface area contributed by atoms with Gasteiger partial charge in [0.15, 0.2) is 17.5 Å². The van der Waals surface area contributed by atoms with Gasteiger partial charge in [0.1, 0.15) is 0 Å². The number of rotatable bonds is 4. The largest absolute Gasteiger partial charge is 0.381 e. The van der Waals surface area contributed by atoms with Gasteiger partial charge in [0.2, 0.25) is 0 Å². The summed E-state index contributed by atoms with van der Waals surface area (Å²) in [4.78, 5) is 20.2. The van der Waals surface area contributed by atoms with Crippen molar-refractivity contribution < 1.29 is 13.6 Å². The van der Waals surface area contributed by atoms with Crippen LogP contribution in [0, 0.1) is 17.6 Å². The molecule has 4 aromatic rings. The standard InChI is InChI=1S/C27H28F2N6O/c28-19-8-16-11-24(35(13-15-3-4-15)23(16)12-20(19)29)26-32-22-10-17(9-21-25(22)34(26)7-5-31-21)27(36)33-6-1-2-18(30)14-33/h8-12,15,18,31H,1-7,13-14,30H2/t18-/m1/s1. The van der Waals surface area contributed by atoms with Crippen LogP contribution in [-0.4, -0.2) is 50.6 Å². The molecule has 0 bridgehead atoms. The monoisotopic (exact) mass is 490 g/mol. The van der Waals surface area contributed by atoms with Crippen molar-refractivity contribution in [3.63, 3.8) is 0 Å². The zero-order valence-corrected chi connectivity index (χ0v) is 19.9. The summed E-state index contributed by atoms with van der Waals surface area (Å²) in [7, 11) is 0. The highest BCUT2D eigenvalue weighted by molar-refractivity contribution is 6.03. The second kappa shape index (κ2) is 8.03. The molecule has 2 aliphatic heterocycles. The number of nitrogens with two attached hydrogens (primary N) is 1. The molecule has 2 fully saturated rings. The molecule has 1 atom stereocenters. The molecule has 4 heterocycles. The Balaban J connectivity index is 1.38. The Hall–Kier alpha value is -3.46. The molecular formula is C27H28F2N6O. The Bertz CT molecular complexity index is 1530. The van der Waals surface area contributed by atoms with Gasteiger partial charge < -0.3 is 25.1 Å². The summed E-state index contributed by atoms with van der Waals surface area (Å²) in [5.41, 5.74) is 10.8. The van der Waals surface area contributed by atoms with Gasteiger partial charge in [0.05, 0.1) is 27.9 Å². The Morgan fingerprint density at radius 2 is 1.92 bits per heavy atom. The number of halogens is 2. The van der Waals surface area contributed by atoms with Crippen molar-refractivity contribution in [2.45, 2.75) is 44.8 Å². The number of fused-ring (bicyclic) bond motifs is 1. The van der Waals surface area contributed by atoms with E-state index in [2.05, 4.69) is 14.5 Å². The quantitative estimate of drug-likeness (QED) is 0.446. The van der Waals surface area contributed by atoms with E-state index >= 15 is 0 Å². The van der Waals surface area contributed by atoms with Crippen molar-refractivity contribution in [2.24, 2.45) is 11.7 Å². The maximum absolute atomic E-state index is 14.2. The molecule has 9 heteroatoms. The van der Waals surface area contributed by atoms with Gasteiger partial charge in [0, 0.05) is 55.8 Å². The Labute approximate surface area is 206 Å². The first kappa shape index (κ1) is 21.8. The third-order valence-electron chi connectivity index (χ3n) is 7.79. The van der Waals surface area contributed by atoms with Gasteiger partial charge in [-0.2, -0.15) is 0 Å². The molecule has 2 aromatic carbocycles. The maximum atomic E-state index is 14.2. The summed E-state index contributed by atoms with van der Waals surface area (Å²) in [5, 5.41) is 4.10. The number of carbonyl (C=O) groups is 1. The summed E-state index contributed by atoms with van der Waals surface area (Å²) >= 11 is 0. The van der Waals surface area contributed by atoms with Crippen molar-refractivity contribution in [2.75, 3.05) is 25.0 Å². The summed E-state index contributed by atoms with van der Waals surface area (Å²) in [6.07, 6.45) is 4.12. The summed E-state index contributed by atoms with van der Waals surface area (Å²) in [5.74, 6) is -0.420. The van der Waals surface area contributed by atoms with E-state index in [0.717, 1.165) is 60.5 Å². The second-order valence-corrected chi connectivity index (χ2v) is 10.5. The molecule has 1 amide bonds. The Morgan fingerprint density at radius 3 is 2.72 bits per heavy atom. The molecule has 0 spiro atoms. The fourth-order valence-electron chi connectivity index (χ4n) is 5.82. The second-order valence-electron chi connectivity index (χ2n) is 10.5. The number of hydrogen-bond donors (Lipinski definition) is 2. The molecule has 7 rings (SSSR count). The normalized spacial score (nSPS) is 19.8. The van der Waals surface area contributed by atoms with Crippen molar-refractivity contribution in [3.8, 4) is 11.5 Å². The Morgan fingerprint density at radius 1 is 1.08 bits per heavy atom. The lowest BCUT2D eigenvalue weighted by molar-refractivity contribution is 0.0709. The molecule has 3 N–H and O–H groups in total. The number of hydrogen-bond acceptors (Lipinski definition) is 4. The summed E-state index contributed by atoms with van der Waals surface area (Å²) in [6, 6.07) is 8.26. The fraction of sp³-hybridized carbons (Fsp3) is 0.407. The number of benzene rings is 2. The minimum absolute atomic E-state index is 0.0109. The average molecular weight is 491 g/mol. The summed E-state index contributed by atoms with van der Waals surface area (Å²) < 4.78 is 32.5. The number of imidazole rings is 1. The van der Waals surface area contributed by atoms with E-state index in [1.165, 1.54) is 12.1 Å². The molecule has 3 aliphatic rings. The number of amides is 1. The van der Waals surface area contributed by atoms with Crippen LogP contribution in [0.2, 0.25) is 0 Å². The zero-order chi connectivity index (χ0) is 24.6. The van der Waals surface area contributed by atoms with Crippen LogP contribution in [0.3, 0.4) is 0 Å². The zero-order valence-electron chi connectivity index (χ0n) is 19.9. The molecule has 1 saturated heterocycles. The topological polar surface area (TPSA) is 81.1 Å². The van der Waals surface area contributed by atoms with E-state index in [1.54, 1.807) is 0 Å². The van der Waals surface area contributed by atoms with E-state index in [0.29, 0.717) is 48.6 Å². The first-order valence-corrected chi connectivity index (χ1v) is 12.8. The predicted octanol–water partition coefficient (Wildman–Crippen LogP) is 4.34. The van der Waals surface area contributed by atoms with Crippen LogP contribution < -0.4 is 11.1 Å². The number of nitrogens with one attached hydrogen (secondary N) is 1. The van der Waals surface area contributed by atoms with Crippen LogP contribution in [-0.2, 0) is 13.1 Å². The van der Waals surface area contributed by atoms with Gasteiger partial charge in [-0.1, -0.05) is 0 Å². The van der Waals surface area contributed by atoms with Crippen LogP contribution in [0.5, 0.6) is 0 Å². The lowest BCUT2D eigenvalue weighted by Crippen LogP contribution is -2.45. The number of carbonyl (C=O) groups excluding carboxylic acids is 1. The highest BCUT2D eigenvalue weighted by Crippen LogP contribution is 2.39. The molecule has 36 heavy (non-hydrogen) atoms. The van der Waals surface area contributed by atoms with E-state index in [1.807, 2.05) is 23.1 Å². The molecule has 1 saturated carbocycles. The van der Waals surface area contributed by atoms with Gasteiger partial charge in [-0.3, -0.25) is 4.79 Å². The lowest BCUT2D eigenvalue weighted by Gasteiger charge is -2.31. The van der Waals surface area contributed by atoms with Crippen molar-refractivity contribution in [1.82, 2.24) is 19.0 Å². The van der Waals surface area contributed by atoms with Gasteiger partial charge in [-0.15, -0.1) is 0 Å². The fourth-order valence-corrected chi connectivity index (χ4v) is 5.82. The van der Waals surface area contributed by atoms with Crippen LogP contribution in [0.1, 0.15) is 36.0 Å². The molecule has 0 radical (unpaired) electrons. The molecule has 7 nitrogen and oxygen atoms in total. The average Bonchev–Trinajstić information content (AvgIpc) is 3.53. The SMILES string of the molecule is N[C@@H]1CCCN(C(=O)c2cc3c4c(c2)nc(-c2cc5cc(F)c(F)cc5n2CC2CC2)n4CCN3)C1. The third-order valence-corrected chi connectivity index (χ3v) is 7.79. The lowest BCUT2D eigenvalue weighted by atomic mass is 10.0. The number of piperidine rings is 1. The van der Waals surface area contributed by atoms with Gasteiger partial charge >= 0.3 is 0 Å². The van der Waals surface area contributed by atoms with Crippen molar-refractivity contribution in [1.29, 1.82) is 0 Å². The van der Waals surface area contributed by atoms with Crippen LogP contribution >= 0.6 is 0 Å². The van der Waals surface area contributed by atoms with Crippen molar-refractivity contribution >= 4 is 33.5 Å². The summed E-state index contributed by atoms with van der Waals surface area (Å²) in [6.45, 7) is 3.43. The third kappa shape index (κ3) is 3.48. The minimum Gasteiger partial charge on any atom is -0.381 e. The van der Waals surface area contributed by atoms with Gasteiger partial charge in [0.25, 0.3) is 5.91 Å². The molecule has 186 valence electrons. The number of likely N-dealkylation sites (tertiary alicyclic amines) is 1. The van der Waals surface area contributed by atoms with Crippen LogP contribution in [0.15, 0.2) is 30.3 Å². The highest BCUT2D eigenvalue weighted by Gasteiger charge is 2.29. The predicted molar refractivity (Wildman–Crippen MR) is 135 cm³/mol. The van der Waals surface area contributed by atoms with Crippen LogP contribution in [0.25, 0.3) is 33.5 Å². The van der Waals surface area contributed by atoms with Crippen LogP contribution in [0.4, 0.5) is 14.5 Å². The Kier molecular flexibility index (Phi) is 4.86. The van der Waals surface area contributed by atoms with E-state index < -0.39 is 11.6 Å². The molecular weight excluding hydrogens is 462 g/mol. The molecule has 2 aromatic heterocycles. The van der Waals surface area contributed by atoms with E-state index in [-0.39, 0.29) is 11.9 Å². The first-order valence-electron chi connectivity index (χ1n) is 12.8. The number of aromatic nitrogens is 3. The van der Waals surface area contributed by atoms with Gasteiger partial charge in [-0.25, -0.2) is 13.8 Å². The van der Waals surface area contributed by atoms with E-state index in [9.17, 15) is 13.6 Å². The molecule has 0 unspecified atom stereocenters. The van der Waals surface area contributed by atoms with Gasteiger partial charge in [-0.05, 0) is 55.9 Å².